The van der Waals surface area contributed by atoms with Gasteiger partial charge in [0, 0.05) is 26.7 Å². The summed E-state index contributed by atoms with van der Waals surface area (Å²) in [5, 5.41) is 6.43. The molecule has 0 radical (unpaired) electrons. The van der Waals surface area contributed by atoms with Crippen molar-refractivity contribution in [1.29, 1.82) is 0 Å². The van der Waals surface area contributed by atoms with Crippen molar-refractivity contribution in [2.45, 2.75) is 51.4 Å². The van der Waals surface area contributed by atoms with Crippen LogP contribution in [0.2, 0.25) is 0 Å². The predicted molar refractivity (Wildman–Crippen MR) is 91.0 cm³/mol. The first-order chi connectivity index (χ1) is 10.8. The predicted octanol–water partition coefficient (Wildman–Crippen LogP) is 2.05. The van der Waals surface area contributed by atoms with Gasteiger partial charge >= 0.3 is 0 Å². The Bertz CT molecular complexity index is 411. The highest BCUT2D eigenvalue weighted by Gasteiger charge is 2.16. The summed E-state index contributed by atoms with van der Waals surface area (Å²) in [4.78, 5) is 18.3. The molecule has 5 nitrogen and oxygen atoms in total. The molecule has 0 unspecified atom stereocenters. The average molecular weight is 306 g/mol. The topological polar surface area (TPSA) is 56.7 Å². The lowest BCUT2D eigenvalue weighted by Gasteiger charge is -2.27. The minimum Gasteiger partial charge on any atom is -0.356 e. The van der Waals surface area contributed by atoms with Gasteiger partial charge in [-0.05, 0) is 51.4 Å². The number of amides is 1. The van der Waals surface area contributed by atoms with Crippen molar-refractivity contribution < 1.29 is 4.79 Å². The zero-order valence-corrected chi connectivity index (χ0v) is 13.9. The molecule has 0 saturated carbocycles. The van der Waals surface area contributed by atoms with Crippen LogP contribution in [0.15, 0.2) is 16.6 Å². The molecule has 1 heterocycles. The van der Waals surface area contributed by atoms with Crippen LogP contribution < -0.4 is 10.6 Å². The Hall–Kier alpha value is -1.52. The molecule has 0 atom stereocenters. The number of aliphatic imine (C=N–C) groups is 1. The fourth-order valence-corrected chi connectivity index (χ4v) is 3.11. The largest absolute Gasteiger partial charge is 0.356 e. The molecule has 2 rings (SSSR count). The Morgan fingerprint density at radius 2 is 2.00 bits per heavy atom. The van der Waals surface area contributed by atoms with Gasteiger partial charge in [0.05, 0.1) is 6.54 Å². The van der Waals surface area contributed by atoms with Crippen molar-refractivity contribution in [3.8, 4) is 0 Å². The molecule has 1 aliphatic carbocycles. The van der Waals surface area contributed by atoms with E-state index in [9.17, 15) is 4.79 Å². The normalized spacial score (nSPS) is 19.6. The van der Waals surface area contributed by atoms with Crippen LogP contribution in [0, 0.1) is 0 Å². The highest BCUT2D eigenvalue weighted by molar-refractivity contribution is 5.86. The third-order valence-electron chi connectivity index (χ3n) is 4.46. The van der Waals surface area contributed by atoms with Crippen molar-refractivity contribution in [2.75, 3.05) is 33.2 Å². The molecule has 0 bridgehead atoms. The maximum absolute atomic E-state index is 12.1. The fraction of sp³-hybridized carbons (Fsp3) is 0.765. The minimum atomic E-state index is 0.178. The van der Waals surface area contributed by atoms with Crippen molar-refractivity contribution >= 4 is 11.9 Å². The third-order valence-corrected chi connectivity index (χ3v) is 4.46. The molecular weight excluding hydrogens is 276 g/mol. The van der Waals surface area contributed by atoms with Gasteiger partial charge in [-0.25, -0.2) is 0 Å². The monoisotopic (exact) mass is 306 g/mol. The van der Waals surface area contributed by atoms with Crippen LogP contribution in [0.1, 0.15) is 51.4 Å². The number of carbonyl (C=O) groups excluding carboxylic acids is 1. The van der Waals surface area contributed by atoms with Crippen LogP contribution in [-0.2, 0) is 4.79 Å². The molecule has 1 saturated heterocycles. The first-order valence-electron chi connectivity index (χ1n) is 8.70. The summed E-state index contributed by atoms with van der Waals surface area (Å²) < 4.78 is 0. The van der Waals surface area contributed by atoms with Crippen molar-refractivity contribution in [3.63, 3.8) is 0 Å². The summed E-state index contributed by atoms with van der Waals surface area (Å²) in [5.41, 5.74) is 1.55. The first-order valence-corrected chi connectivity index (χ1v) is 8.70. The second-order valence-corrected chi connectivity index (χ2v) is 6.15. The minimum absolute atomic E-state index is 0.178. The summed E-state index contributed by atoms with van der Waals surface area (Å²) in [6.45, 7) is 3.02. The molecule has 1 fully saturated rings. The average Bonchev–Trinajstić information content (AvgIpc) is 2.59. The Labute approximate surface area is 134 Å². The van der Waals surface area contributed by atoms with Crippen molar-refractivity contribution in [3.05, 3.63) is 11.6 Å². The molecular formula is C17H30N4O. The number of allylic oxidation sites excluding steroid dienone is 1. The quantitative estimate of drug-likeness (QED) is 0.464. The summed E-state index contributed by atoms with van der Waals surface area (Å²) in [6.07, 6.45) is 12.1. The summed E-state index contributed by atoms with van der Waals surface area (Å²) in [6, 6.07) is 0. The smallest absolute Gasteiger partial charge is 0.241 e. The van der Waals surface area contributed by atoms with E-state index in [4.69, 9.17) is 0 Å². The van der Waals surface area contributed by atoms with Crippen LogP contribution in [0.4, 0.5) is 0 Å². The molecule has 0 aromatic rings. The number of hydrogen-bond donors (Lipinski definition) is 2. The van der Waals surface area contributed by atoms with Gasteiger partial charge < -0.3 is 15.5 Å². The van der Waals surface area contributed by atoms with Crippen molar-refractivity contribution in [2.24, 2.45) is 4.99 Å². The zero-order chi connectivity index (χ0) is 15.6. The van der Waals surface area contributed by atoms with Gasteiger partial charge in [0.1, 0.15) is 0 Å². The molecule has 5 heteroatoms. The molecule has 22 heavy (non-hydrogen) atoms. The Morgan fingerprint density at radius 3 is 2.68 bits per heavy atom. The van der Waals surface area contributed by atoms with Gasteiger partial charge in [0.15, 0.2) is 5.96 Å². The number of nitrogens with zero attached hydrogens (tertiary/aromatic N) is 2. The Morgan fingerprint density at radius 1 is 1.18 bits per heavy atom. The molecule has 0 aromatic heterocycles. The first kappa shape index (κ1) is 16.8. The molecule has 124 valence electrons. The second-order valence-electron chi connectivity index (χ2n) is 6.15. The summed E-state index contributed by atoms with van der Waals surface area (Å²) in [5.74, 6) is 0.902. The standard InChI is InChI=1S/C17H30N4O/c1-18-17(19-11-10-15-8-4-2-5-9-15)20-14-16(22)21-12-6-3-7-13-21/h8H,2-7,9-14H2,1H3,(H2,18,19,20). The van der Waals surface area contributed by atoms with E-state index in [1.807, 2.05) is 4.90 Å². The van der Waals surface area contributed by atoms with Gasteiger partial charge in [-0.15, -0.1) is 0 Å². The molecule has 2 aliphatic rings. The number of rotatable bonds is 5. The van der Waals surface area contributed by atoms with Crippen LogP contribution in [0.25, 0.3) is 0 Å². The Balaban J connectivity index is 1.64. The lowest BCUT2D eigenvalue weighted by molar-refractivity contribution is -0.130. The number of guanidine groups is 1. The van der Waals surface area contributed by atoms with Gasteiger partial charge in [-0.1, -0.05) is 11.6 Å². The third kappa shape index (κ3) is 5.70. The molecule has 0 aromatic carbocycles. The number of piperidine rings is 1. The molecule has 0 spiro atoms. The number of likely N-dealkylation sites (tertiary alicyclic amines) is 1. The molecule has 1 amide bonds. The zero-order valence-electron chi connectivity index (χ0n) is 13.9. The van der Waals surface area contributed by atoms with E-state index in [0.29, 0.717) is 6.54 Å². The van der Waals surface area contributed by atoms with Crippen LogP contribution in [0.5, 0.6) is 0 Å². The SMILES string of the molecule is CN=C(NCCC1=CCCCC1)NCC(=O)N1CCCCC1. The maximum atomic E-state index is 12.1. The van der Waals surface area contributed by atoms with Gasteiger partial charge in [-0.3, -0.25) is 9.79 Å². The van der Waals surface area contributed by atoms with Gasteiger partial charge in [0.25, 0.3) is 0 Å². The van der Waals surface area contributed by atoms with Crippen LogP contribution >= 0.6 is 0 Å². The number of nitrogens with one attached hydrogen (secondary N) is 2. The van der Waals surface area contributed by atoms with E-state index < -0.39 is 0 Å². The highest BCUT2D eigenvalue weighted by atomic mass is 16.2. The second kappa shape index (κ2) is 9.49. The summed E-state index contributed by atoms with van der Waals surface area (Å²) >= 11 is 0. The van der Waals surface area contributed by atoms with Crippen molar-refractivity contribution in [1.82, 2.24) is 15.5 Å². The number of hydrogen-bond acceptors (Lipinski definition) is 2. The maximum Gasteiger partial charge on any atom is 0.241 e. The molecule has 2 N–H and O–H groups in total. The van der Waals surface area contributed by atoms with Gasteiger partial charge in [-0.2, -0.15) is 0 Å². The highest BCUT2D eigenvalue weighted by Crippen LogP contribution is 2.19. The lowest BCUT2D eigenvalue weighted by atomic mass is 9.97. The van der Waals surface area contributed by atoms with Crippen LogP contribution in [0.3, 0.4) is 0 Å². The Kier molecular flexibility index (Phi) is 7.26. The van der Waals surface area contributed by atoms with E-state index in [1.165, 1.54) is 32.1 Å². The number of carbonyl (C=O) groups is 1. The fourth-order valence-electron chi connectivity index (χ4n) is 3.11. The van der Waals surface area contributed by atoms with Gasteiger partial charge in [0.2, 0.25) is 5.91 Å². The summed E-state index contributed by atoms with van der Waals surface area (Å²) in [7, 11) is 1.75. The lowest BCUT2D eigenvalue weighted by Crippen LogP contribution is -2.46. The van der Waals surface area contributed by atoms with E-state index in [0.717, 1.165) is 44.9 Å². The molecule has 1 aliphatic heterocycles. The van der Waals surface area contributed by atoms with E-state index >= 15 is 0 Å². The van der Waals surface area contributed by atoms with E-state index in [2.05, 4.69) is 21.7 Å². The van der Waals surface area contributed by atoms with E-state index in [1.54, 1.807) is 12.6 Å². The van der Waals surface area contributed by atoms with Crippen LogP contribution in [-0.4, -0.2) is 50.0 Å². The van der Waals surface area contributed by atoms with E-state index in [-0.39, 0.29) is 5.91 Å².